The molecule has 0 aliphatic heterocycles. The third kappa shape index (κ3) is 5.92. The summed E-state index contributed by atoms with van der Waals surface area (Å²) >= 11 is 0. The number of nitrogens with one attached hydrogen (secondary N) is 1. The van der Waals surface area contributed by atoms with Crippen molar-refractivity contribution in [2.45, 2.75) is 39.2 Å². The molecule has 0 aliphatic carbocycles. The van der Waals surface area contributed by atoms with Crippen LogP contribution >= 0.6 is 0 Å². The molecule has 0 aromatic heterocycles. The summed E-state index contributed by atoms with van der Waals surface area (Å²) in [6.45, 7) is 6.01. The summed E-state index contributed by atoms with van der Waals surface area (Å²) in [6.07, 6.45) is -0.637. The number of amides is 1. The molecule has 0 radical (unpaired) electrons. The van der Waals surface area contributed by atoms with Crippen molar-refractivity contribution in [3.8, 4) is 5.75 Å². The van der Waals surface area contributed by atoms with Gasteiger partial charge in [0.15, 0.2) is 6.10 Å². The van der Waals surface area contributed by atoms with Crippen LogP contribution in [-0.2, 0) is 14.3 Å². The summed E-state index contributed by atoms with van der Waals surface area (Å²) in [5.74, 6) is 0.00974. The first-order valence-electron chi connectivity index (χ1n) is 8.77. The zero-order chi connectivity index (χ0) is 18.9. The second-order valence-electron chi connectivity index (χ2n) is 6.09. The van der Waals surface area contributed by atoms with Crippen molar-refractivity contribution < 1.29 is 19.1 Å². The van der Waals surface area contributed by atoms with Gasteiger partial charge in [-0.2, -0.15) is 0 Å². The van der Waals surface area contributed by atoms with Gasteiger partial charge < -0.3 is 14.8 Å². The van der Waals surface area contributed by atoms with Gasteiger partial charge in [-0.25, -0.2) is 0 Å². The summed E-state index contributed by atoms with van der Waals surface area (Å²) in [4.78, 5) is 24.3. The Morgan fingerprint density at radius 3 is 2.27 bits per heavy atom. The topological polar surface area (TPSA) is 64.6 Å². The first kappa shape index (κ1) is 19.5. The summed E-state index contributed by atoms with van der Waals surface area (Å²) in [6, 6.07) is 16.8. The molecule has 0 aliphatic rings. The zero-order valence-electron chi connectivity index (χ0n) is 15.4. The van der Waals surface area contributed by atoms with Crippen molar-refractivity contribution in [1.29, 1.82) is 0 Å². The van der Waals surface area contributed by atoms with Crippen LogP contribution in [0.2, 0.25) is 0 Å². The van der Waals surface area contributed by atoms with Crippen LogP contribution in [0.5, 0.6) is 5.75 Å². The first-order chi connectivity index (χ1) is 12.5. The molecule has 2 rings (SSSR count). The summed E-state index contributed by atoms with van der Waals surface area (Å²) < 4.78 is 10.6. The molecule has 1 amide bonds. The number of rotatable bonds is 8. The number of hydrogen-bond acceptors (Lipinski definition) is 4. The van der Waals surface area contributed by atoms with Gasteiger partial charge in [0, 0.05) is 5.69 Å². The molecule has 1 N–H and O–H groups in total. The maximum absolute atomic E-state index is 12.2. The summed E-state index contributed by atoms with van der Waals surface area (Å²) in [5, 5.41) is 2.73. The standard InChI is InChI=1S/C21H25NO4/c1-4-25-19-12-10-18(11-13-19)22-21(24)16(3)26-20(23)14-15(2)17-8-6-5-7-9-17/h5-13,15-16H,4,14H2,1-3H3,(H,22,24)/t15-,16-/m1/s1. The fourth-order valence-corrected chi connectivity index (χ4v) is 2.49. The minimum atomic E-state index is -0.864. The SMILES string of the molecule is CCOc1ccc(NC(=O)[C@@H](C)OC(=O)C[C@@H](C)c2ccccc2)cc1. The molecule has 2 aromatic rings. The van der Waals surface area contributed by atoms with E-state index in [0.717, 1.165) is 11.3 Å². The van der Waals surface area contributed by atoms with Gasteiger partial charge in [0.25, 0.3) is 5.91 Å². The van der Waals surface area contributed by atoms with Crippen LogP contribution in [0.1, 0.15) is 38.7 Å². The monoisotopic (exact) mass is 355 g/mol. The van der Waals surface area contributed by atoms with Gasteiger partial charge in [0.1, 0.15) is 5.75 Å². The summed E-state index contributed by atoms with van der Waals surface area (Å²) in [7, 11) is 0. The normalized spacial score (nSPS) is 12.7. The molecule has 138 valence electrons. The van der Waals surface area contributed by atoms with E-state index in [1.807, 2.05) is 44.2 Å². The van der Waals surface area contributed by atoms with Gasteiger partial charge in [0.2, 0.25) is 0 Å². The van der Waals surface area contributed by atoms with Gasteiger partial charge in [-0.3, -0.25) is 9.59 Å². The molecule has 0 fully saturated rings. The Kier molecular flexibility index (Phi) is 7.21. The van der Waals surface area contributed by atoms with Gasteiger partial charge in [-0.15, -0.1) is 0 Å². The molecule has 0 saturated heterocycles. The Bertz CT molecular complexity index is 713. The van der Waals surface area contributed by atoms with Crippen molar-refractivity contribution in [3.05, 3.63) is 60.2 Å². The fourth-order valence-electron chi connectivity index (χ4n) is 2.49. The number of esters is 1. The van der Waals surface area contributed by atoms with Gasteiger partial charge in [-0.1, -0.05) is 37.3 Å². The second kappa shape index (κ2) is 9.61. The molecule has 5 heteroatoms. The van der Waals surface area contributed by atoms with Crippen molar-refractivity contribution >= 4 is 17.6 Å². The molecule has 0 unspecified atom stereocenters. The Labute approximate surface area is 154 Å². The number of anilines is 1. The predicted octanol–water partition coefficient (Wildman–Crippen LogP) is 4.15. The van der Waals surface area contributed by atoms with Crippen LogP contribution in [-0.4, -0.2) is 24.6 Å². The van der Waals surface area contributed by atoms with Crippen molar-refractivity contribution in [2.75, 3.05) is 11.9 Å². The van der Waals surface area contributed by atoms with Gasteiger partial charge >= 0.3 is 5.97 Å². The molecular weight excluding hydrogens is 330 g/mol. The van der Waals surface area contributed by atoms with Crippen molar-refractivity contribution in [1.82, 2.24) is 0 Å². The quantitative estimate of drug-likeness (QED) is 0.723. The van der Waals surface area contributed by atoms with E-state index in [9.17, 15) is 9.59 Å². The third-order valence-corrected chi connectivity index (χ3v) is 3.95. The Morgan fingerprint density at radius 2 is 1.65 bits per heavy atom. The lowest BCUT2D eigenvalue weighted by Gasteiger charge is -2.16. The smallest absolute Gasteiger partial charge is 0.307 e. The van der Waals surface area contributed by atoms with Crippen molar-refractivity contribution in [3.63, 3.8) is 0 Å². The number of carbonyl (C=O) groups is 2. The first-order valence-corrected chi connectivity index (χ1v) is 8.77. The molecule has 2 aromatic carbocycles. The number of ether oxygens (including phenoxy) is 2. The van der Waals surface area contributed by atoms with Gasteiger partial charge in [0.05, 0.1) is 13.0 Å². The highest BCUT2D eigenvalue weighted by Crippen LogP contribution is 2.20. The van der Waals surface area contributed by atoms with Crippen LogP contribution < -0.4 is 10.1 Å². The molecule has 2 atom stereocenters. The lowest BCUT2D eigenvalue weighted by atomic mass is 9.98. The number of hydrogen-bond donors (Lipinski definition) is 1. The van der Waals surface area contributed by atoms with E-state index < -0.39 is 12.1 Å². The Balaban J connectivity index is 1.83. The Hall–Kier alpha value is -2.82. The van der Waals surface area contributed by atoms with E-state index >= 15 is 0 Å². The van der Waals surface area contributed by atoms with E-state index in [1.165, 1.54) is 0 Å². The second-order valence-corrected chi connectivity index (χ2v) is 6.09. The average Bonchev–Trinajstić information content (AvgIpc) is 2.64. The average molecular weight is 355 g/mol. The maximum Gasteiger partial charge on any atom is 0.307 e. The predicted molar refractivity (Wildman–Crippen MR) is 101 cm³/mol. The van der Waals surface area contributed by atoms with E-state index in [1.54, 1.807) is 31.2 Å². The maximum atomic E-state index is 12.2. The highest BCUT2D eigenvalue weighted by molar-refractivity contribution is 5.95. The zero-order valence-corrected chi connectivity index (χ0v) is 15.4. The molecule has 0 spiro atoms. The minimum Gasteiger partial charge on any atom is -0.494 e. The van der Waals surface area contributed by atoms with Gasteiger partial charge in [-0.05, 0) is 49.6 Å². The molecule has 26 heavy (non-hydrogen) atoms. The van der Waals surface area contributed by atoms with E-state index in [4.69, 9.17) is 9.47 Å². The van der Waals surface area contributed by atoms with Crippen LogP contribution in [0, 0.1) is 0 Å². The van der Waals surface area contributed by atoms with E-state index in [0.29, 0.717) is 12.3 Å². The van der Waals surface area contributed by atoms with Crippen molar-refractivity contribution in [2.24, 2.45) is 0 Å². The van der Waals surface area contributed by atoms with Crippen LogP contribution in [0.25, 0.3) is 0 Å². The molecule has 0 heterocycles. The highest BCUT2D eigenvalue weighted by Gasteiger charge is 2.20. The fraction of sp³-hybridized carbons (Fsp3) is 0.333. The molecule has 0 saturated carbocycles. The number of benzene rings is 2. The summed E-state index contributed by atoms with van der Waals surface area (Å²) in [5.41, 5.74) is 1.69. The molecule has 0 bridgehead atoms. The minimum absolute atomic E-state index is 0.0325. The van der Waals surface area contributed by atoms with Crippen LogP contribution in [0.3, 0.4) is 0 Å². The Morgan fingerprint density at radius 1 is 1.00 bits per heavy atom. The third-order valence-electron chi connectivity index (χ3n) is 3.95. The lowest BCUT2D eigenvalue weighted by Crippen LogP contribution is -2.30. The largest absolute Gasteiger partial charge is 0.494 e. The molecule has 5 nitrogen and oxygen atoms in total. The number of carbonyl (C=O) groups excluding carboxylic acids is 2. The molecular formula is C21H25NO4. The van der Waals surface area contributed by atoms with Crippen LogP contribution in [0.15, 0.2) is 54.6 Å². The lowest BCUT2D eigenvalue weighted by molar-refractivity contribution is -0.153. The van der Waals surface area contributed by atoms with Crippen LogP contribution in [0.4, 0.5) is 5.69 Å². The highest BCUT2D eigenvalue weighted by atomic mass is 16.5. The van der Waals surface area contributed by atoms with E-state index in [-0.39, 0.29) is 18.2 Å². The van der Waals surface area contributed by atoms with E-state index in [2.05, 4.69) is 5.32 Å².